The molecule has 10 heteroatoms. The minimum atomic E-state index is -0.614. The van der Waals surface area contributed by atoms with Gasteiger partial charge in [0.1, 0.15) is 11.6 Å². The van der Waals surface area contributed by atoms with Crippen molar-refractivity contribution in [3.8, 4) is 0 Å². The summed E-state index contributed by atoms with van der Waals surface area (Å²) in [5, 5.41) is 29.3. The second-order valence-electron chi connectivity index (χ2n) is 9.69. The van der Waals surface area contributed by atoms with Gasteiger partial charge in [-0.3, -0.25) is 4.68 Å². The monoisotopic (exact) mass is 452 g/mol. The summed E-state index contributed by atoms with van der Waals surface area (Å²) >= 11 is 0. The van der Waals surface area contributed by atoms with E-state index >= 15 is 0 Å². The molecule has 176 valence electrons. The molecule has 5 rings (SSSR count). The van der Waals surface area contributed by atoms with Crippen LogP contribution in [0.15, 0.2) is 24.5 Å². The van der Waals surface area contributed by atoms with Gasteiger partial charge in [0.05, 0.1) is 22.6 Å². The molecule has 2 aliphatic rings. The first kappa shape index (κ1) is 21.8. The van der Waals surface area contributed by atoms with E-state index in [0.717, 1.165) is 42.8 Å². The van der Waals surface area contributed by atoms with E-state index < -0.39 is 5.60 Å². The zero-order valence-corrected chi connectivity index (χ0v) is 19.4. The fraction of sp³-hybridized carbons (Fsp3) is 0.565. The Morgan fingerprint density at radius 2 is 1.91 bits per heavy atom. The predicted octanol–water partition coefficient (Wildman–Crippen LogP) is 2.47. The van der Waals surface area contributed by atoms with Crippen LogP contribution in [0.4, 0.5) is 23.4 Å². The van der Waals surface area contributed by atoms with Crippen molar-refractivity contribution in [3.63, 3.8) is 0 Å². The molecule has 0 spiro atoms. The number of nitrogens with one attached hydrogen (secondary N) is 1. The van der Waals surface area contributed by atoms with Crippen LogP contribution in [0.5, 0.6) is 0 Å². The Hall–Kier alpha value is -2.98. The lowest BCUT2D eigenvalue weighted by molar-refractivity contribution is 0.0349. The number of anilines is 4. The average molecular weight is 453 g/mol. The van der Waals surface area contributed by atoms with Gasteiger partial charge in [-0.05, 0) is 46.1 Å². The molecule has 10 nitrogen and oxygen atoms in total. The molecule has 3 aromatic rings. The summed E-state index contributed by atoms with van der Waals surface area (Å²) in [6, 6.07) is 4.01. The van der Waals surface area contributed by atoms with Crippen molar-refractivity contribution in [1.82, 2.24) is 24.7 Å². The van der Waals surface area contributed by atoms with Crippen molar-refractivity contribution < 1.29 is 10.2 Å². The van der Waals surface area contributed by atoms with Crippen LogP contribution in [0.25, 0.3) is 10.9 Å². The van der Waals surface area contributed by atoms with Gasteiger partial charge in [0.2, 0.25) is 5.95 Å². The Bertz CT molecular complexity index is 1130. The lowest BCUT2D eigenvalue weighted by Crippen LogP contribution is -2.43. The number of aliphatic hydroxyl groups is 2. The van der Waals surface area contributed by atoms with Crippen LogP contribution in [-0.4, -0.2) is 72.8 Å². The van der Waals surface area contributed by atoms with Crippen molar-refractivity contribution in [2.45, 2.75) is 57.8 Å². The highest BCUT2D eigenvalue weighted by atomic mass is 16.3. The smallest absolute Gasteiger partial charge is 0.227 e. The van der Waals surface area contributed by atoms with Crippen LogP contribution >= 0.6 is 0 Å². The van der Waals surface area contributed by atoms with Gasteiger partial charge >= 0.3 is 0 Å². The SMILES string of the molecule is CC(C)n1nc(N2CC[C@@H](O)C2)c2cnc(Nc3ccnc(N4CCC(C)(O)CC4)n3)cc21. The van der Waals surface area contributed by atoms with E-state index in [1.54, 1.807) is 6.20 Å². The van der Waals surface area contributed by atoms with Gasteiger partial charge in [-0.2, -0.15) is 10.1 Å². The summed E-state index contributed by atoms with van der Waals surface area (Å²) in [4.78, 5) is 18.0. The van der Waals surface area contributed by atoms with Crippen LogP contribution in [0.1, 0.15) is 46.1 Å². The highest BCUT2D eigenvalue weighted by molar-refractivity contribution is 5.92. The molecule has 0 amide bonds. The fourth-order valence-electron chi connectivity index (χ4n) is 4.54. The van der Waals surface area contributed by atoms with Gasteiger partial charge in [-0.15, -0.1) is 0 Å². The third-order valence-electron chi connectivity index (χ3n) is 6.55. The third-order valence-corrected chi connectivity index (χ3v) is 6.55. The van der Waals surface area contributed by atoms with Gasteiger partial charge in [0, 0.05) is 50.7 Å². The topological polar surface area (TPSA) is 115 Å². The molecule has 33 heavy (non-hydrogen) atoms. The first-order chi connectivity index (χ1) is 15.8. The second kappa shape index (κ2) is 8.42. The van der Waals surface area contributed by atoms with Crippen molar-refractivity contribution in [2.75, 3.05) is 41.3 Å². The molecule has 0 bridgehead atoms. The second-order valence-corrected chi connectivity index (χ2v) is 9.69. The number of hydrogen-bond acceptors (Lipinski definition) is 9. The summed E-state index contributed by atoms with van der Waals surface area (Å²) in [6.45, 7) is 8.93. The van der Waals surface area contributed by atoms with Crippen molar-refractivity contribution >= 4 is 34.3 Å². The van der Waals surface area contributed by atoms with Crippen molar-refractivity contribution in [3.05, 3.63) is 24.5 Å². The molecule has 3 aromatic heterocycles. The Morgan fingerprint density at radius 1 is 1.12 bits per heavy atom. The number of hydrogen-bond donors (Lipinski definition) is 3. The Morgan fingerprint density at radius 3 is 2.61 bits per heavy atom. The van der Waals surface area contributed by atoms with Gasteiger partial charge in [0.15, 0.2) is 5.82 Å². The van der Waals surface area contributed by atoms with Crippen LogP contribution in [0.2, 0.25) is 0 Å². The molecule has 0 radical (unpaired) electrons. The molecule has 0 aliphatic carbocycles. The number of rotatable bonds is 5. The van der Waals surface area contributed by atoms with Gasteiger partial charge in [0.25, 0.3) is 0 Å². The molecule has 2 fully saturated rings. The fourth-order valence-corrected chi connectivity index (χ4v) is 4.54. The van der Waals surface area contributed by atoms with E-state index in [-0.39, 0.29) is 12.1 Å². The number of aliphatic hydroxyl groups excluding tert-OH is 1. The number of pyridine rings is 1. The standard InChI is InChI=1S/C23H32N8O2/c1-15(2)31-18-12-20(25-13-17(18)21(28-31)30-9-5-16(32)14-30)26-19-4-8-24-22(27-19)29-10-6-23(3,33)7-11-29/h4,8,12-13,15-16,32-33H,5-7,9-11,14H2,1-3H3,(H,24,25,26,27)/t16-/m1/s1. The molecule has 2 aliphatic heterocycles. The number of β-amino-alcohol motifs (C(OH)–C–C–N with tert-alkyl or cyclic N) is 1. The minimum absolute atomic E-state index is 0.186. The van der Waals surface area contributed by atoms with E-state index in [9.17, 15) is 10.2 Å². The average Bonchev–Trinajstić information content (AvgIpc) is 3.37. The quantitative estimate of drug-likeness (QED) is 0.537. The maximum atomic E-state index is 10.2. The summed E-state index contributed by atoms with van der Waals surface area (Å²) in [6.07, 6.45) is 5.43. The molecular weight excluding hydrogens is 420 g/mol. The maximum Gasteiger partial charge on any atom is 0.227 e. The Balaban J connectivity index is 1.40. The van der Waals surface area contributed by atoms with Crippen LogP contribution in [0, 0.1) is 0 Å². The maximum absolute atomic E-state index is 10.2. The first-order valence-electron chi connectivity index (χ1n) is 11.7. The lowest BCUT2D eigenvalue weighted by atomic mass is 9.94. The third kappa shape index (κ3) is 4.45. The Kier molecular flexibility index (Phi) is 5.57. The van der Waals surface area contributed by atoms with E-state index in [0.29, 0.717) is 37.0 Å². The zero-order valence-electron chi connectivity index (χ0n) is 19.4. The molecule has 0 unspecified atom stereocenters. The highest BCUT2D eigenvalue weighted by Gasteiger charge is 2.29. The number of piperidine rings is 1. The number of fused-ring (bicyclic) bond motifs is 1. The zero-order chi connectivity index (χ0) is 23.2. The lowest BCUT2D eigenvalue weighted by Gasteiger charge is -2.35. The van der Waals surface area contributed by atoms with E-state index in [4.69, 9.17) is 5.10 Å². The van der Waals surface area contributed by atoms with Crippen LogP contribution in [-0.2, 0) is 0 Å². The predicted molar refractivity (Wildman–Crippen MR) is 128 cm³/mol. The number of nitrogens with zero attached hydrogens (tertiary/aromatic N) is 7. The van der Waals surface area contributed by atoms with Gasteiger partial charge < -0.3 is 25.3 Å². The summed E-state index contributed by atoms with van der Waals surface area (Å²) in [7, 11) is 0. The van der Waals surface area contributed by atoms with Crippen molar-refractivity contribution in [2.24, 2.45) is 0 Å². The van der Waals surface area contributed by atoms with Crippen LogP contribution in [0.3, 0.4) is 0 Å². The molecule has 3 N–H and O–H groups in total. The molecule has 1 atom stereocenters. The number of aromatic nitrogens is 5. The minimum Gasteiger partial charge on any atom is -0.391 e. The molecule has 5 heterocycles. The normalized spacial score (nSPS) is 20.7. The van der Waals surface area contributed by atoms with Gasteiger partial charge in [-0.25, -0.2) is 9.97 Å². The largest absolute Gasteiger partial charge is 0.391 e. The Labute approximate surface area is 193 Å². The molecule has 2 saturated heterocycles. The molecule has 0 saturated carbocycles. The molecule has 0 aromatic carbocycles. The van der Waals surface area contributed by atoms with Crippen LogP contribution < -0.4 is 15.1 Å². The summed E-state index contributed by atoms with van der Waals surface area (Å²) < 4.78 is 2.01. The highest BCUT2D eigenvalue weighted by Crippen LogP contribution is 2.32. The van der Waals surface area contributed by atoms with Crippen molar-refractivity contribution in [1.29, 1.82) is 0 Å². The first-order valence-corrected chi connectivity index (χ1v) is 11.7. The summed E-state index contributed by atoms with van der Waals surface area (Å²) in [5.41, 5.74) is 0.378. The molecular formula is C23H32N8O2. The van der Waals surface area contributed by atoms with Gasteiger partial charge in [-0.1, -0.05) is 0 Å². The summed E-state index contributed by atoms with van der Waals surface area (Å²) in [5.74, 6) is 2.88. The van der Waals surface area contributed by atoms with E-state index in [2.05, 4.69) is 43.9 Å². The van der Waals surface area contributed by atoms with E-state index in [1.807, 2.05) is 29.9 Å². The van der Waals surface area contributed by atoms with E-state index in [1.165, 1.54) is 0 Å².